The zero-order chi connectivity index (χ0) is 18.2. The third-order valence-corrected chi connectivity index (χ3v) is 6.66. The van der Waals surface area contributed by atoms with Gasteiger partial charge in [-0.15, -0.1) is 0 Å². The Kier molecular flexibility index (Phi) is 4.99. The van der Waals surface area contributed by atoms with Crippen LogP contribution in [0.4, 0.5) is 0 Å². The van der Waals surface area contributed by atoms with Crippen LogP contribution >= 0.6 is 11.3 Å². The molecule has 0 saturated carbocycles. The first-order valence-electron chi connectivity index (χ1n) is 8.08. The first kappa shape index (κ1) is 18.1. The molecule has 1 saturated heterocycles. The molecule has 0 spiro atoms. The highest BCUT2D eigenvalue weighted by Crippen LogP contribution is 2.24. The van der Waals surface area contributed by atoms with Crippen molar-refractivity contribution in [3.8, 4) is 5.75 Å². The van der Waals surface area contributed by atoms with Crippen LogP contribution in [0.1, 0.15) is 19.8 Å². The Morgan fingerprint density at radius 3 is 2.84 bits per heavy atom. The van der Waals surface area contributed by atoms with Gasteiger partial charge in [-0.3, -0.25) is 4.79 Å². The lowest BCUT2D eigenvalue weighted by Crippen LogP contribution is -2.39. The standard InChI is InChI=1S/C16H21N3O4S2/c1-4-18-12-8-7-11(23-2)10-14(12)24-16(18)17-15(20)13-6-5-9-19(13)25(3,21)22/h7-8,10,13H,4-6,9H2,1-3H3. The van der Waals surface area contributed by atoms with Crippen molar-refractivity contribution in [1.29, 1.82) is 0 Å². The number of ether oxygens (including phenoxy) is 1. The molecule has 1 aliphatic heterocycles. The number of carbonyl (C=O) groups is 1. The number of benzene rings is 1. The number of aromatic nitrogens is 1. The number of carbonyl (C=O) groups excluding carboxylic acids is 1. The van der Waals surface area contributed by atoms with Crippen molar-refractivity contribution in [2.45, 2.75) is 32.4 Å². The lowest BCUT2D eigenvalue weighted by molar-refractivity contribution is -0.121. The molecule has 7 nitrogen and oxygen atoms in total. The largest absolute Gasteiger partial charge is 0.497 e. The summed E-state index contributed by atoms with van der Waals surface area (Å²) < 4.78 is 33.1. The van der Waals surface area contributed by atoms with Gasteiger partial charge in [0.25, 0.3) is 5.91 Å². The van der Waals surface area contributed by atoms with Gasteiger partial charge in [0.2, 0.25) is 10.0 Å². The summed E-state index contributed by atoms with van der Waals surface area (Å²) in [5, 5.41) is 0. The molecular formula is C16H21N3O4S2. The molecule has 9 heteroatoms. The molecule has 0 radical (unpaired) electrons. The number of methoxy groups -OCH3 is 1. The maximum absolute atomic E-state index is 12.6. The molecular weight excluding hydrogens is 362 g/mol. The smallest absolute Gasteiger partial charge is 0.266 e. The van der Waals surface area contributed by atoms with Crippen molar-refractivity contribution in [3.63, 3.8) is 0 Å². The summed E-state index contributed by atoms with van der Waals surface area (Å²) in [5.74, 6) is 0.345. The predicted molar refractivity (Wildman–Crippen MR) is 97.2 cm³/mol. The quantitative estimate of drug-likeness (QED) is 0.803. The summed E-state index contributed by atoms with van der Waals surface area (Å²) in [6.07, 6.45) is 2.33. The lowest BCUT2D eigenvalue weighted by Gasteiger charge is -2.18. The molecule has 1 amide bonds. The number of fused-ring (bicyclic) bond motifs is 1. The Hall–Kier alpha value is -1.71. The number of hydrogen-bond acceptors (Lipinski definition) is 5. The number of aryl methyl sites for hydroxylation is 1. The number of nitrogens with zero attached hydrogens (tertiary/aromatic N) is 3. The Balaban J connectivity index is 2.04. The molecule has 1 atom stereocenters. The summed E-state index contributed by atoms with van der Waals surface area (Å²) in [7, 11) is -1.80. The van der Waals surface area contributed by atoms with E-state index in [2.05, 4.69) is 4.99 Å². The first-order valence-corrected chi connectivity index (χ1v) is 10.7. The zero-order valence-electron chi connectivity index (χ0n) is 14.4. The number of thiazole rings is 1. The molecule has 1 aliphatic rings. The van der Waals surface area contributed by atoms with Crippen molar-refractivity contribution in [2.24, 2.45) is 4.99 Å². The van der Waals surface area contributed by atoms with Gasteiger partial charge in [-0.25, -0.2) is 8.42 Å². The van der Waals surface area contributed by atoms with Crippen LogP contribution in [0.3, 0.4) is 0 Å². The van der Waals surface area contributed by atoms with Crippen LogP contribution in [0, 0.1) is 0 Å². The number of sulfonamides is 1. The Morgan fingerprint density at radius 2 is 2.20 bits per heavy atom. The minimum Gasteiger partial charge on any atom is -0.497 e. The molecule has 0 aliphatic carbocycles. The van der Waals surface area contributed by atoms with E-state index in [1.165, 1.54) is 15.6 Å². The second-order valence-electron chi connectivity index (χ2n) is 5.94. The molecule has 1 unspecified atom stereocenters. The van der Waals surface area contributed by atoms with E-state index in [1.807, 2.05) is 29.7 Å². The van der Waals surface area contributed by atoms with E-state index in [9.17, 15) is 13.2 Å². The Morgan fingerprint density at radius 1 is 1.44 bits per heavy atom. The van der Waals surface area contributed by atoms with E-state index in [4.69, 9.17) is 4.74 Å². The van der Waals surface area contributed by atoms with E-state index in [0.717, 1.165) is 22.2 Å². The predicted octanol–water partition coefficient (Wildman–Crippen LogP) is 1.58. The number of rotatable bonds is 4. The summed E-state index contributed by atoms with van der Waals surface area (Å²) in [5.41, 5.74) is 0.978. The maximum Gasteiger partial charge on any atom is 0.266 e. The maximum atomic E-state index is 12.6. The molecule has 1 aromatic heterocycles. The molecule has 0 bridgehead atoms. The fourth-order valence-corrected chi connectivity index (χ4v) is 5.37. The monoisotopic (exact) mass is 383 g/mol. The average molecular weight is 383 g/mol. The van der Waals surface area contributed by atoms with Crippen LogP contribution in [-0.4, -0.2) is 49.1 Å². The second kappa shape index (κ2) is 6.89. The zero-order valence-corrected chi connectivity index (χ0v) is 16.1. The van der Waals surface area contributed by atoms with E-state index in [-0.39, 0.29) is 0 Å². The van der Waals surface area contributed by atoms with Gasteiger partial charge < -0.3 is 9.30 Å². The summed E-state index contributed by atoms with van der Waals surface area (Å²) in [4.78, 5) is 17.5. The molecule has 25 heavy (non-hydrogen) atoms. The van der Waals surface area contributed by atoms with Crippen LogP contribution in [0.2, 0.25) is 0 Å². The molecule has 3 rings (SSSR count). The average Bonchev–Trinajstić information content (AvgIpc) is 3.18. The van der Waals surface area contributed by atoms with Crippen molar-refractivity contribution in [3.05, 3.63) is 23.0 Å². The molecule has 136 valence electrons. The minimum absolute atomic E-state index is 0.377. The summed E-state index contributed by atoms with van der Waals surface area (Å²) >= 11 is 1.40. The fourth-order valence-electron chi connectivity index (χ4n) is 3.12. The van der Waals surface area contributed by atoms with Gasteiger partial charge in [-0.05, 0) is 38.0 Å². The third-order valence-electron chi connectivity index (χ3n) is 4.33. The second-order valence-corrected chi connectivity index (χ2v) is 8.89. The van der Waals surface area contributed by atoms with Crippen molar-refractivity contribution in [2.75, 3.05) is 19.9 Å². The molecule has 2 aromatic rings. The topological polar surface area (TPSA) is 81.0 Å². The lowest BCUT2D eigenvalue weighted by atomic mass is 10.2. The normalized spacial score (nSPS) is 19.6. The van der Waals surface area contributed by atoms with Crippen LogP contribution < -0.4 is 9.54 Å². The van der Waals surface area contributed by atoms with Crippen molar-refractivity contribution >= 4 is 37.5 Å². The first-order chi connectivity index (χ1) is 11.8. The third kappa shape index (κ3) is 3.49. The minimum atomic E-state index is -3.41. The van der Waals surface area contributed by atoms with E-state index >= 15 is 0 Å². The highest BCUT2D eigenvalue weighted by molar-refractivity contribution is 7.88. The van der Waals surface area contributed by atoms with Gasteiger partial charge in [0.1, 0.15) is 11.8 Å². The van der Waals surface area contributed by atoms with Gasteiger partial charge >= 0.3 is 0 Å². The van der Waals surface area contributed by atoms with E-state index < -0.39 is 22.0 Å². The van der Waals surface area contributed by atoms with Crippen LogP contribution in [0.15, 0.2) is 23.2 Å². The summed E-state index contributed by atoms with van der Waals surface area (Å²) in [6.45, 7) is 3.03. The molecule has 2 heterocycles. The van der Waals surface area contributed by atoms with E-state index in [1.54, 1.807) is 7.11 Å². The molecule has 1 aromatic carbocycles. The number of hydrogen-bond donors (Lipinski definition) is 0. The number of amides is 1. The fraction of sp³-hybridized carbons (Fsp3) is 0.500. The van der Waals surface area contributed by atoms with Gasteiger partial charge in [0.05, 0.1) is 23.6 Å². The highest BCUT2D eigenvalue weighted by atomic mass is 32.2. The van der Waals surface area contributed by atoms with Crippen LogP contribution in [0.5, 0.6) is 5.75 Å². The Labute approximate surface area is 150 Å². The van der Waals surface area contributed by atoms with Crippen molar-refractivity contribution < 1.29 is 17.9 Å². The van der Waals surface area contributed by atoms with Crippen LogP contribution in [0.25, 0.3) is 10.2 Å². The van der Waals surface area contributed by atoms with Gasteiger partial charge in [-0.2, -0.15) is 9.30 Å². The van der Waals surface area contributed by atoms with Crippen molar-refractivity contribution in [1.82, 2.24) is 8.87 Å². The SMILES string of the molecule is CCn1c(=NC(=O)C2CCCN2S(C)(=O)=O)sc2cc(OC)ccc21. The molecule has 1 fully saturated rings. The van der Waals surface area contributed by atoms with E-state index in [0.29, 0.717) is 30.7 Å². The Bertz CT molecular complexity index is 975. The molecule has 0 N–H and O–H groups in total. The highest BCUT2D eigenvalue weighted by Gasteiger charge is 2.36. The van der Waals surface area contributed by atoms with Gasteiger partial charge in [-0.1, -0.05) is 11.3 Å². The van der Waals surface area contributed by atoms with Gasteiger partial charge in [0.15, 0.2) is 4.80 Å². The van der Waals surface area contributed by atoms with Crippen LogP contribution in [-0.2, 0) is 21.4 Å². The van der Waals surface area contributed by atoms with Gasteiger partial charge in [0, 0.05) is 13.1 Å². The summed E-state index contributed by atoms with van der Waals surface area (Å²) in [6, 6.07) is 5.03.